The Balaban J connectivity index is 1.49. The van der Waals surface area contributed by atoms with Gasteiger partial charge in [-0.2, -0.15) is 0 Å². The predicted molar refractivity (Wildman–Crippen MR) is 119 cm³/mol. The second kappa shape index (κ2) is 7.75. The molecule has 0 aromatic carbocycles. The largest absolute Gasteiger partial charge is 0.393 e. The molecule has 0 saturated heterocycles. The molecule has 3 saturated carbocycles. The lowest BCUT2D eigenvalue weighted by Gasteiger charge is -2.58. The van der Waals surface area contributed by atoms with E-state index in [0.29, 0.717) is 10.8 Å². The normalized spacial score (nSPS) is 46.5. The van der Waals surface area contributed by atoms with Crippen molar-refractivity contribution in [3.63, 3.8) is 0 Å². The Labute approximate surface area is 174 Å². The number of hydrogen-bond acceptors (Lipinski definition) is 1. The zero-order valence-electron chi connectivity index (χ0n) is 19.3. The topological polar surface area (TPSA) is 20.2 Å². The van der Waals surface area contributed by atoms with Crippen molar-refractivity contribution in [3.8, 4) is 0 Å². The maximum atomic E-state index is 10.2. The molecule has 1 N–H and O–H groups in total. The molecule has 0 amide bonds. The first-order valence-electron chi connectivity index (χ1n) is 12.6. The third-order valence-corrected chi connectivity index (χ3v) is 10.3. The van der Waals surface area contributed by atoms with Gasteiger partial charge in [0.15, 0.2) is 0 Å². The second-order valence-corrected chi connectivity index (χ2v) is 12.2. The fourth-order valence-corrected chi connectivity index (χ4v) is 8.67. The van der Waals surface area contributed by atoms with Gasteiger partial charge in [0.25, 0.3) is 0 Å². The zero-order chi connectivity index (χ0) is 20.1. The predicted octanol–water partition coefficient (Wildman–Crippen LogP) is 7.39. The molecule has 4 rings (SSSR count). The lowest BCUT2D eigenvalue weighted by Crippen LogP contribution is -2.50. The van der Waals surface area contributed by atoms with E-state index in [1.165, 1.54) is 57.8 Å². The van der Waals surface area contributed by atoms with Gasteiger partial charge in [-0.15, -0.1) is 0 Å². The van der Waals surface area contributed by atoms with Crippen molar-refractivity contribution in [1.82, 2.24) is 0 Å². The van der Waals surface area contributed by atoms with E-state index in [1.807, 2.05) is 0 Å². The van der Waals surface area contributed by atoms with Crippen LogP contribution >= 0.6 is 0 Å². The van der Waals surface area contributed by atoms with Gasteiger partial charge in [0.2, 0.25) is 0 Å². The molecular formula is C27H46O. The SMILES string of the molecule is CC(C)CCCC(C)C1CCC2C3CC=C4CC(O)CCC4(C)C3CC[C@]12C. The lowest BCUT2D eigenvalue weighted by molar-refractivity contribution is -0.0573. The van der Waals surface area contributed by atoms with Crippen LogP contribution in [0.2, 0.25) is 0 Å². The zero-order valence-corrected chi connectivity index (χ0v) is 19.3. The molecule has 4 aliphatic carbocycles. The molecule has 0 aromatic heterocycles. The summed E-state index contributed by atoms with van der Waals surface area (Å²) in [7, 11) is 0. The smallest absolute Gasteiger partial charge is 0.0577 e. The van der Waals surface area contributed by atoms with Crippen LogP contribution in [0.3, 0.4) is 0 Å². The molecule has 0 radical (unpaired) electrons. The van der Waals surface area contributed by atoms with Gasteiger partial charge >= 0.3 is 0 Å². The molecule has 7 unspecified atom stereocenters. The van der Waals surface area contributed by atoms with E-state index in [9.17, 15) is 5.11 Å². The van der Waals surface area contributed by atoms with Gasteiger partial charge in [-0.25, -0.2) is 0 Å². The number of aliphatic hydroxyl groups excluding tert-OH is 1. The summed E-state index contributed by atoms with van der Waals surface area (Å²) in [5, 5.41) is 10.2. The molecule has 4 aliphatic rings. The van der Waals surface area contributed by atoms with Gasteiger partial charge in [0.05, 0.1) is 6.10 Å². The summed E-state index contributed by atoms with van der Waals surface area (Å²) < 4.78 is 0. The highest BCUT2D eigenvalue weighted by Gasteiger charge is 2.59. The Morgan fingerprint density at radius 3 is 2.54 bits per heavy atom. The highest BCUT2D eigenvalue weighted by atomic mass is 16.3. The Bertz CT molecular complexity index is 591. The van der Waals surface area contributed by atoms with E-state index in [1.54, 1.807) is 5.57 Å². The fraction of sp³-hybridized carbons (Fsp3) is 0.926. The van der Waals surface area contributed by atoms with E-state index in [-0.39, 0.29) is 6.10 Å². The molecule has 3 fully saturated rings. The molecule has 0 heterocycles. The molecule has 0 spiro atoms. The summed E-state index contributed by atoms with van der Waals surface area (Å²) in [5.41, 5.74) is 2.60. The number of rotatable bonds is 5. The van der Waals surface area contributed by atoms with Gasteiger partial charge in [-0.3, -0.25) is 0 Å². The number of fused-ring (bicyclic) bond motifs is 5. The van der Waals surface area contributed by atoms with Crippen LogP contribution in [-0.2, 0) is 0 Å². The van der Waals surface area contributed by atoms with Crippen molar-refractivity contribution >= 4 is 0 Å². The third-order valence-electron chi connectivity index (χ3n) is 10.3. The Morgan fingerprint density at radius 2 is 1.79 bits per heavy atom. The summed E-state index contributed by atoms with van der Waals surface area (Å²) in [6.07, 6.45) is 17.2. The molecule has 0 aliphatic heterocycles. The maximum absolute atomic E-state index is 10.2. The standard InChI is InChI=1S/C27H46O/c1-18(2)7-6-8-19(3)23-11-12-24-22-10-9-20-17-21(28)13-15-26(20,4)25(22)14-16-27(23,24)5/h9,18-19,21-25,28H,6-8,10-17H2,1-5H3/t19?,21?,22?,23?,24?,25?,26?,27-/m1/s1. The Kier molecular flexibility index (Phi) is 5.80. The molecule has 28 heavy (non-hydrogen) atoms. The Hall–Kier alpha value is -0.300. The first kappa shape index (κ1) is 21.0. The van der Waals surface area contributed by atoms with Crippen LogP contribution in [0.25, 0.3) is 0 Å². The van der Waals surface area contributed by atoms with Gasteiger partial charge in [0, 0.05) is 0 Å². The fourth-order valence-electron chi connectivity index (χ4n) is 8.67. The van der Waals surface area contributed by atoms with E-state index < -0.39 is 0 Å². The summed E-state index contributed by atoms with van der Waals surface area (Å²) >= 11 is 0. The molecule has 1 nitrogen and oxygen atoms in total. The average molecular weight is 387 g/mol. The minimum atomic E-state index is -0.0766. The van der Waals surface area contributed by atoms with Gasteiger partial charge < -0.3 is 5.11 Å². The van der Waals surface area contributed by atoms with Crippen LogP contribution in [-0.4, -0.2) is 11.2 Å². The average Bonchev–Trinajstić information content (AvgIpc) is 2.99. The van der Waals surface area contributed by atoms with Crippen LogP contribution in [0.5, 0.6) is 0 Å². The van der Waals surface area contributed by atoms with Crippen LogP contribution in [0.15, 0.2) is 11.6 Å². The van der Waals surface area contributed by atoms with Crippen molar-refractivity contribution in [2.75, 3.05) is 0 Å². The number of aliphatic hydroxyl groups is 1. The van der Waals surface area contributed by atoms with Gasteiger partial charge in [-0.05, 0) is 97.7 Å². The maximum Gasteiger partial charge on any atom is 0.0577 e. The van der Waals surface area contributed by atoms with Crippen LogP contribution < -0.4 is 0 Å². The van der Waals surface area contributed by atoms with Crippen molar-refractivity contribution < 1.29 is 5.11 Å². The van der Waals surface area contributed by atoms with Crippen LogP contribution in [0.1, 0.15) is 105 Å². The molecule has 160 valence electrons. The molecular weight excluding hydrogens is 340 g/mol. The second-order valence-electron chi connectivity index (χ2n) is 12.2. The summed E-state index contributed by atoms with van der Waals surface area (Å²) in [6.45, 7) is 12.6. The van der Waals surface area contributed by atoms with Crippen molar-refractivity contribution in [2.45, 2.75) is 111 Å². The molecule has 0 bridgehead atoms. The van der Waals surface area contributed by atoms with Crippen molar-refractivity contribution in [1.29, 1.82) is 0 Å². The third kappa shape index (κ3) is 3.42. The monoisotopic (exact) mass is 386 g/mol. The van der Waals surface area contributed by atoms with Crippen LogP contribution in [0.4, 0.5) is 0 Å². The highest BCUT2D eigenvalue weighted by molar-refractivity contribution is 5.25. The molecule has 8 atom stereocenters. The van der Waals surface area contributed by atoms with E-state index >= 15 is 0 Å². The van der Waals surface area contributed by atoms with Crippen molar-refractivity contribution in [3.05, 3.63) is 11.6 Å². The minimum absolute atomic E-state index is 0.0766. The first-order chi connectivity index (χ1) is 13.3. The minimum Gasteiger partial charge on any atom is -0.393 e. The summed E-state index contributed by atoms with van der Waals surface area (Å²) in [5.74, 6) is 5.46. The summed E-state index contributed by atoms with van der Waals surface area (Å²) in [6, 6.07) is 0. The van der Waals surface area contributed by atoms with Crippen molar-refractivity contribution in [2.24, 2.45) is 46.3 Å². The first-order valence-corrected chi connectivity index (χ1v) is 12.6. The summed E-state index contributed by atoms with van der Waals surface area (Å²) in [4.78, 5) is 0. The number of hydrogen-bond donors (Lipinski definition) is 1. The van der Waals surface area contributed by atoms with Crippen LogP contribution in [0, 0.1) is 46.3 Å². The van der Waals surface area contributed by atoms with E-state index in [0.717, 1.165) is 48.3 Å². The van der Waals surface area contributed by atoms with Gasteiger partial charge in [-0.1, -0.05) is 65.5 Å². The lowest BCUT2D eigenvalue weighted by atomic mass is 9.47. The van der Waals surface area contributed by atoms with E-state index in [4.69, 9.17) is 0 Å². The molecule has 1 heteroatoms. The van der Waals surface area contributed by atoms with E-state index in [2.05, 4.69) is 40.7 Å². The quantitative estimate of drug-likeness (QED) is 0.488. The van der Waals surface area contributed by atoms with Gasteiger partial charge in [0.1, 0.15) is 0 Å². The Morgan fingerprint density at radius 1 is 1.00 bits per heavy atom. The number of allylic oxidation sites excluding steroid dienone is 1. The highest BCUT2D eigenvalue weighted by Crippen LogP contribution is 2.67. The molecule has 0 aromatic rings.